The van der Waals surface area contributed by atoms with Gasteiger partial charge in [-0.05, 0) is 48.4 Å². The molecular weight excluding hydrogens is 430 g/mol. The minimum atomic E-state index is -0.388. The Morgan fingerprint density at radius 1 is 1.25 bits per heavy atom. The van der Waals surface area contributed by atoms with Crippen LogP contribution in [0, 0.1) is 6.92 Å². The van der Waals surface area contributed by atoms with Crippen LogP contribution in [0.25, 0.3) is 11.1 Å². The van der Waals surface area contributed by atoms with Crippen molar-refractivity contribution in [1.82, 2.24) is 15.1 Å². The molecule has 0 aliphatic carbocycles. The van der Waals surface area contributed by atoms with Crippen molar-refractivity contribution >= 4 is 23.5 Å². The summed E-state index contributed by atoms with van der Waals surface area (Å²) < 4.78 is 12.5. The second-order valence-corrected chi connectivity index (χ2v) is 8.14. The Labute approximate surface area is 191 Å². The quantitative estimate of drug-likeness (QED) is 0.550. The van der Waals surface area contributed by atoms with Crippen LogP contribution in [-0.4, -0.2) is 41.4 Å². The monoisotopic (exact) mass is 453 g/mol. The first kappa shape index (κ1) is 21.9. The van der Waals surface area contributed by atoms with E-state index in [4.69, 9.17) is 21.1 Å². The molecule has 0 saturated carbocycles. The number of esters is 1. The van der Waals surface area contributed by atoms with Crippen LogP contribution in [0.5, 0.6) is 5.75 Å². The second kappa shape index (κ2) is 9.44. The number of rotatable bonds is 7. The molecule has 0 radical (unpaired) electrons. The van der Waals surface area contributed by atoms with Crippen LogP contribution in [0.1, 0.15) is 28.0 Å². The summed E-state index contributed by atoms with van der Waals surface area (Å²) in [6.07, 6.45) is 2.66. The molecule has 1 N–H and O–H groups in total. The number of hydrogen-bond acceptors (Lipinski definition) is 5. The van der Waals surface area contributed by atoms with Crippen LogP contribution in [0.4, 0.5) is 0 Å². The van der Waals surface area contributed by atoms with E-state index in [9.17, 15) is 9.59 Å². The van der Waals surface area contributed by atoms with Gasteiger partial charge < -0.3 is 14.8 Å². The summed E-state index contributed by atoms with van der Waals surface area (Å²) in [6, 6.07) is 13.0. The van der Waals surface area contributed by atoms with Crippen molar-refractivity contribution in [1.29, 1.82) is 0 Å². The molecule has 2 aromatic carbocycles. The molecule has 166 valence electrons. The van der Waals surface area contributed by atoms with Crippen LogP contribution in [0.3, 0.4) is 0 Å². The first-order chi connectivity index (χ1) is 15.4. The number of benzene rings is 2. The molecule has 1 atom stereocenters. The van der Waals surface area contributed by atoms with Gasteiger partial charge in [-0.25, -0.2) is 4.79 Å². The van der Waals surface area contributed by atoms with E-state index >= 15 is 0 Å². The fraction of sp³-hybridized carbons (Fsp3) is 0.292. The van der Waals surface area contributed by atoms with Gasteiger partial charge in [0.15, 0.2) is 0 Å². The highest BCUT2D eigenvalue weighted by Crippen LogP contribution is 2.39. The average molecular weight is 454 g/mol. The summed E-state index contributed by atoms with van der Waals surface area (Å²) in [5, 5.41) is 7.71. The molecule has 1 aliphatic rings. The Hall–Kier alpha value is -3.32. The van der Waals surface area contributed by atoms with Gasteiger partial charge in [-0.3, -0.25) is 9.48 Å². The van der Waals surface area contributed by atoms with Crippen molar-refractivity contribution in [3.8, 4) is 16.9 Å². The number of nitrogens with one attached hydrogen (secondary N) is 1. The topological polar surface area (TPSA) is 82.5 Å². The molecule has 8 heteroatoms. The number of methoxy groups -OCH3 is 1. The van der Waals surface area contributed by atoms with E-state index < -0.39 is 0 Å². The van der Waals surface area contributed by atoms with E-state index in [1.54, 1.807) is 16.8 Å². The standard InChI is InChI=1S/C24H24ClN3O4/c1-15-6-8-28(27-15)9-7-22(29)26-14-20-12-19-11-18(13-21(25)23(19)32-20)16-4-3-5-17(10-16)24(30)31-2/h3-6,8,10-11,13,20H,7,9,12,14H2,1-2H3,(H,26,29). The zero-order chi connectivity index (χ0) is 22.7. The lowest BCUT2D eigenvalue weighted by Gasteiger charge is -2.12. The molecule has 2 heterocycles. The molecule has 0 spiro atoms. The van der Waals surface area contributed by atoms with Gasteiger partial charge in [0.25, 0.3) is 0 Å². The molecule has 0 bridgehead atoms. The highest BCUT2D eigenvalue weighted by atomic mass is 35.5. The predicted molar refractivity (Wildman–Crippen MR) is 121 cm³/mol. The largest absolute Gasteiger partial charge is 0.486 e. The van der Waals surface area contributed by atoms with Crippen LogP contribution in [-0.2, 0) is 22.5 Å². The van der Waals surface area contributed by atoms with Crippen molar-refractivity contribution in [3.63, 3.8) is 0 Å². The lowest BCUT2D eigenvalue weighted by Crippen LogP contribution is -2.34. The van der Waals surface area contributed by atoms with Crippen LogP contribution < -0.4 is 10.1 Å². The number of halogens is 1. The van der Waals surface area contributed by atoms with Gasteiger partial charge in [-0.15, -0.1) is 0 Å². The summed E-state index contributed by atoms with van der Waals surface area (Å²) in [5.74, 6) is 0.205. The molecule has 3 aromatic rings. The first-order valence-corrected chi connectivity index (χ1v) is 10.8. The predicted octanol–water partition coefficient (Wildman–Crippen LogP) is 3.81. The van der Waals surface area contributed by atoms with Crippen molar-refractivity contribution in [2.45, 2.75) is 32.4 Å². The minimum absolute atomic E-state index is 0.0517. The molecule has 7 nitrogen and oxygen atoms in total. The third kappa shape index (κ3) is 4.94. The fourth-order valence-corrected chi connectivity index (χ4v) is 4.02. The SMILES string of the molecule is COC(=O)c1cccc(-c2cc(Cl)c3c(c2)CC(CNC(=O)CCn2ccc(C)n2)O3)c1. The Balaban J connectivity index is 1.38. The maximum absolute atomic E-state index is 12.2. The Morgan fingerprint density at radius 2 is 2.09 bits per heavy atom. The molecular formula is C24H24ClN3O4. The van der Waals surface area contributed by atoms with Gasteiger partial charge >= 0.3 is 5.97 Å². The van der Waals surface area contributed by atoms with E-state index in [0.29, 0.717) is 42.3 Å². The molecule has 4 rings (SSSR count). The number of aromatic nitrogens is 2. The molecule has 1 unspecified atom stereocenters. The molecule has 1 aliphatic heterocycles. The summed E-state index contributed by atoms with van der Waals surface area (Å²) in [7, 11) is 1.36. The van der Waals surface area contributed by atoms with Crippen LogP contribution in [0.15, 0.2) is 48.7 Å². The van der Waals surface area contributed by atoms with E-state index in [-0.39, 0.29) is 18.0 Å². The van der Waals surface area contributed by atoms with Gasteiger partial charge in [0.2, 0.25) is 5.91 Å². The molecule has 0 fully saturated rings. The summed E-state index contributed by atoms with van der Waals surface area (Å²) in [5.41, 5.74) is 4.13. The number of carbonyl (C=O) groups excluding carboxylic acids is 2. The molecule has 1 amide bonds. The van der Waals surface area contributed by atoms with Crippen LogP contribution in [0.2, 0.25) is 5.02 Å². The van der Waals surface area contributed by atoms with E-state index in [0.717, 1.165) is 22.4 Å². The molecule has 1 aromatic heterocycles. The Morgan fingerprint density at radius 3 is 2.84 bits per heavy atom. The summed E-state index contributed by atoms with van der Waals surface area (Å²) in [6.45, 7) is 2.85. The van der Waals surface area contributed by atoms with Gasteiger partial charge in [-0.1, -0.05) is 23.7 Å². The smallest absolute Gasteiger partial charge is 0.337 e. The lowest BCUT2D eigenvalue weighted by molar-refractivity contribution is -0.121. The maximum Gasteiger partial charge on any atom is 0.337 e. The fourth-order valence-electron chi connectivity index (χ4n) is 3.73. The number of fused-ring (bicyclic) bond motifs is 1. The number of nitrogens with zero attached hydrogens (tertiary/aromatic N) is 2. The van der Waals surface area contributed by atoms with Crippen molar-refractivity contribution in [3.05, 3.63) is 70.5 Å². The molecule has 0 saturated heterocycles. The Kier molecular flexibility index (Phi) is 6.46. The van der Waals surface area contributed by atoms with Crippen molar-refractivity contribution in [2.75, 3.05) is 13.7 Å². The van der Waals surface area contributed by atoms with E-state index in [1.165, 1.54) is 7.11 Å². The first-order valence-electron chi connectivity index (χ1n) is 10.4. The van der Waals surface area contributed by atoms with Crippen LogP contribution >= 0.6 is 11.6 Å². The van der Waals surface area contributed by atoms with Gasteiger partial charge in [0, 0.05) is 31.1 Å². The Bertz CT molecular complexity index is 1160. The van der Waals surface area contributed by atoms with E-state index in [1.807, 2.05) is 43.5 Å². The third-order valence-electron chi connectivity index (χ3n) is 5.34. The van der Waals surface area contributed by atoms with E-state index in [2.05, 4.69) is 10.4 Å². The maximum atomic E-state index is 12.2. The zero-order valence-corrected chi connectivity index (χ0v) is 18.7. The second-order valence-electron chi connectivity index (χ2n) is 7.74. The number of hydrogen-bond donors (Lipinski definition) is 1. The van der Waals surface area contributed by atoms with Crippen molar-refractivity contribution < 1.29 is 19.1 Å². The lowest BCUT2D eigenvalue weighted by atomic mass is 9.99. The summed E-state index contributed by atoms with van der Waals surface area (Å²) >= 11 is 6.49. The normalized spacial score (nSPS) is 14.5. The van der Waals surface area contributed by atoms with Crippen molar-refractivity contribution in [2.24, 2.45) is 0 Å². The number of aryl methyl sites for hydroxylation is 2. The number of carbonyl (C=O) groups is 2. The summed E-state index contributed by atoms with van der Waals surface area (Å²) in [4.78, 5) is 24.0. The number of ether oxygens (including phenoxy) is 2. The highest BCUT2D eigenvalue weighted by molar-refractivity contribution is 6.32. The van der Waals surface area contributed by atoms with Gasteiger partial charge in [0.05, 0.1) is 29.9 Å². The van der Waals surface area contributed by atoms with Gasteiger partial charge in [0.1, 0.15) is 11.9 Å². The third-order valence-corrected chi connectivity index (χ3v) is 5.62. The highest BCUT2D eigenvalue weighted by Gasteiger charge is 2.26. The average Bonchev–Trinajstić information content (AvgIpc) is 3.41. The zero-order valence-electron chi connectivity index (χ0n) is 17.9. The number of amides is 1. The minimum Gasteiger partial charge on any atom is -0.486 e. The molecule has 32 heavy (non-hydrogen) atoms. The van der Waals surface area contributed by atoms with Gasteiger partial charge in [-0.2, -0.15) is 5.10 Å².